The van der Waals surface area contributed by atoms with Gasteiger partial charge in [-0.3, -0.25) is 0 Å². The van der Waals surface area contributed by atoms with E-state index in [0.717, 1.165) is 24.5 Å². The fourth-order valence-corrected chi connectivity index (χ4v) is 1.49. The van der Waals surface area contributed by atoms with Crippen LogP contribution < -0.4 is 14.8 Å². The molecule has 3 nitrogen and oxygen atoms in total. The molecule has 0 radical (unpaired) electrons. The summed E-state index contributed by atoms with van der Waals surface area (Å²) < 4.78 is 10.5. The minimum absolute atomic E-state index is 0.328. The molecule has 1 aliphatic heterocycles. The molecule has 0 amide bonds. The third-order valence-electron chi connectivity index (χ3n) is 2.25. The molecule has 0 fully saturated rings. The first-order valence-corrected chi connectivity index (χ1v) is 4.93. The smallest absolute Gasteiger partial charge is 0.231 e. The maximum Gasteiger partial charge on any atom is 0.231 e. The number of fused-ring (bicyclic) bond motifs is 1. The van der Waals surface area contributed by atoms with E-state index in [1.54, 1.807) is 0 Å². The number of hydrogen-bond acceptors (Lipinski definition) is 3. The van der Waals surface area contributed by atoms with Gasteiger partial charge in [-0.05, 0) is 24.1 Å². The number of hydrogen-bond donors (Lipinski definition) is 1. The van der Waals surface area contributed by atoms with Gasteiger partial charge in [0.25, 0.3) is 0 Å². The second kappa shape index (κ2) is 4.72. The predicted molar refractivity (Wildman–Crippen MR) is 58.0 cm³/mol. The molecule has 1 aliphatic rings. The molecule has 0 saturated heterocycles. The normalized spacial score (nSPS) is 12.5. The van der Waals surface area contributed by atoms with Gasteiger partial charge in [-0.15, -0.1) is 6.42 Å². The first-order chi connectivity index (χ1) is 7.40. The summed E-state index contributed by atoms with van der Waals surface area (Å²) in [6.07, 6.45) is 6.08. The lowest BCUT2D eigenvalue weighted by molar-refractivity contribution is 0.174. The van der Waals surface area contributed by atoms with Crippen molar-refractivity contribution in [1.82, 2.24) is 5.32 Å². The van der Waals surface area contributed by atoms with E-state index < -0.39 is 0 Å². The highest BCUT2D eigenvalue weighted by molar-refractivity contribution is 5.44. The van der Waals surface area contributed by atoms with E-state index in [0.29, 0.717) is 13.3 Å². The highest BCUT2D eigenvalue weighted by atomic mass is 16.7. The van der Waals surface area contributed by atoms with Crippen molar-refractivity contribution in [3.05, 3.63) is 23.8 Å². The molecule has 1 aromatic carbocycles. The van der Waals surface area contributed by atoms with E-state index in [1.807, 2.05) is 18.2 Å². The third kappa shape index (κ3) is 2.42. The molecule has 0 aliphatic carbocycles. The highest BCUT2D eigenvalue weighted by Gasteiger charge is 2.12. The van der Waals surface area contributed by atoms with Gasteiger partial charge < -0.3 is 14.8 Å². The van der Waals surface area contributed by atoms with E-state index in [4.69, 9.17) is 15.9 Å². The average Bonchev–Trinajstić information content (AvgIpc) is 2.71. The number of nitrogens with one attached hydrogen (secondary N) is 1. The Kier molecular flexibility index (Phi) is 3.11. The molecule has 3 heteroatoms. The lowest BCUT2D eigenvalue weighted by Gasteiger charge is -2.03. The molecular formula is C12H13NO2. The molecule has 2 rings (SSSR count). The maximum atomic E-state index is 5.29. The van der Waals surface area contributed by atoms with Crippen molar-refractivity contribution in [2.75, 3.05) is 19.9 Å². The fourth-order valence-electron chi connectivity index (χ4n) is 1.49. The van der Waals surface area contributed by atoms with Crippen LogP contribution in [0.15, 0.2) is 18.2 Å². The van der Waals surface area contributed by atoms with Crippen LogP contribution in [0.2, 0.25) is 0 Å². The summed E-state index contributed by atoms with van der Waals surface area (Å²) in [5.74, 6) is 4.21. The number of ether oxygens (including phenoxy) is 2. The van der Waals surface area contributed by atoms with Gasteiger partial charge in [0, 0.05) is 6.54 Å². The van der Waals surface area contributed by atoms with Gasteiger partial charge in [-0.2, -0.15) is 0 Å². The van der Waals surface area contributed by atoms with Crippen LogP contribution in [0.4, 0.5) is 0 Å². The molecule has 0 bridgehead atoms. The van der Waals surface area contributed by atoms with Crippen LogP contribution in [-0.4, -0.2) is 19.9 Å². The largest absolute Gasteiger partial charge is 0.454 e. The quantitative estimate of drug-likeness (QED) is 0.589. The van der Waals surface area contributed by atoms with Crippen LogP contribution >= 0.6 is 0 Å². The fraction of sp³-hybridized carbons (Fsp3) is 0.333. The summed E-state index contributed by atoms with van der Waals surface area (Å²) >= 11 is 0. The van der Waals surface area contributed by atoms with Crippen LogP contribution in [0.3, 0.4) is 0 Å². The zero-order valence-electron chi connectivity index (χ0n) is 8.45. The minimum atomic E-state index is 0.328. The van der Waals surface area contributed by atoms with Crippen molar-refractivity contribution in [2.45, 2.75) is 6.42 Å². The molecule has 0 atom stereocenters. The van der Waals surface area contributed by atoms with Crippen LogP contribution in [0, 0.1) is 12.3 Å². The summed E-state index contributed by atoms with van der Waals surface area (Å²) in [5.41, 5.74) is 1.23. The number of rotatable bonds is 4. The van der Waals surface area contributed by atoms with Crippen molar-refractivity contribution >= 4 is 0 Å². The maximum absolute atomic E-state index is 5.29. The van der Waals surface area contributed by atoms with Gasteiger partial charge in [-0.1, -0.05) is 12.0 Å². The van der Waals surface area contributed by atoms with Crippen LogP contribution in [0.1, 0.15) is 5.56 Å². The zero-order valence-corrected chi connectivity index (χ0v) is 8.45. The SMILES string of the molecule is C#CCNCCc1ccc2c(c1)OCO2. The van der Waals surface area contributed by atoms with Crippen molar-refractivity contribution in [3.63, 3.8) is 0 Å². The van der Waals surface area contributed by atoms with Crippen molar-refractivity contribution in [1.29, 1.82) is 0 Å². The Balaban J connectivity index is 1.90. The second-order valence-corrected chi connectivity index (χ2v) is 3.32. The Morgan fingerprint density at radius 3 is 3.07 bits per heavy atom. The van der Waals surface area contributed by atoms with Crippen molar-refractivity contribution < 1.29 is 9.47 Å². The molecule has 1 N–H and O–H groups in total. The summed E-state index contributed by atoms with van der Waals surface area (Å²) in [7, 11) is 0. The summed E-state index contributed by atoms with van der Waals surface area (Å²) in [6, 6.07) is 6.00. The lowest BCUT2D eigenvalue weighted by atomic mass is 10.1. The van der Waals surface area contributed by atoms with Crippen molar-refractivity contribution in [3.8, 4) is 23.8 Å². The van der Waals surface area contributed by atoms with E-state index in [1.165, 1.54) is 5.56 Å². The van der Waals surface area contributed by atoms with E-state index in [2.05, 4.69) is 11.2 Å². The van der Waals surface area contributed by atoms with Gasteiger partial charge >= 0.3 is 0 Å². The Hall–Kier alpha value is -1.66. The molecule has 15 heavy (non-hydrogen) atoms. The van der Waals surface area contributed by atoms with E-state index >= 15 is 0 Å². The number of benzene rings is 1. The molecule has 0 aromatic heterocycles. The Labute approximate surface area is 89.4 Å². The van der Waals surface area contributed by atoms with E-state index in [9.17, 15) is 0 Å². The Morgan fingerprint density at radius 1 is 1.33 bits per heavy atom. The second-order valence-electron chi connectivity index (χ2n) is 3.32. The van der Waals surface area contributed by atoms with Gasteiger partial charge in [0.1, 0.15) is 0 Å². The first kappa shape index (κ1) is 9.88. The first-order valence-electron chi connectivity index (χ1n) is 4.93. The van der Waals surface area contributed by atoms with Gasteiger partial charge in [0.15, 0.2) is 11.5 Å². The Morgan fingerprint density at radius 2 is 2.20 bits per heavy atom. The monoisotopic (exact) mass is 203 g/mol. The molecule has 1 heterocycles. The number of terminal acetylenes is 1. The molecule has 78 valence electrons. The van der Waals surface area contributed by atoms with Crippen LogP contribution in [0.25, 0.3) is 0 Å². The molecule has 0 spiro atoms. The van der Waals surface area contributed by atoms with Crippen LogP contribution in [-0.2, 0) is 6.42 Å². The average molecular weight is 203 g/mol. The lowest BCUT2D eigenvalue weighted by Crippen LogP contribution is -2.17. The minimum Gasteiger partial charge on any atom is -0.454 e. The van der Waals surface area contributed by atoms with Gasteiger partial charge in [0.2, 0.25) is 6.79 Å². The van der Waals surface area contributed by atoms with Crippen molar-refractivity contribution in [2.24, 2.45) is 0 Å². The topological polar surface area (TPSA) is 30.5 Å². The van der Waals surface area contributed by atoms with E-state index in [-0.39, 0.29) is 0 Å². The summed E-state index contributed by atoms with van der Waals surface area (Å²) in [6.45, 7) is 1.82. The van der Waals surface area contributed by atoms with Gasteiger partial charge in [-0.25, -0.2) is 0 Å². The van der Waals surface area contributed by atoms with Gasteiger partial charge in [0.05, 0.1) is 6.54 Å². The van der Waals surface area contributed by atoms with Crippen LogP contribution in [0.5, 0.6) is 11.5 Å². The predicted octanol–water partition coefficient (Wildman–Crippen LogP) is 1.18. The molecule has 1 aromatic rings. The molecule has 0 saturated carbocycles. The highest BCUT2D eigenvalue weighted by Crippen LogP contribution is 2.32. The summed E-state index contributed by atoms with van der Waals surface area (Å²) in [5, 5.41) is 3.14. The molecule has 0 unspecified atom stereocenters. The summed E-state index contributed by atoms with van der Waals surface area (Å²) in [4.78, 5) is 0. The Bertz CT molecular complexity index is 382. The zero-order chi connectivity index (χ0) is 10.5. The third-order valence-corrected chi connectivity index (χ3v) is 2.25. The molecular weight excluding hydrogens is 190 g/mol. The standard InChI is InChI=1S/C12H13NO2/c1-2-6-13-7-5-10-3-4-11-12(8-10)15-9-14-11/h1,3-4,8,13H,5-7,9H2.